The van der Waals surface area contributed by atoms with Gasteiger partial charge >= 0.3 is 6.09 Å². The summed E-state index contributed by atoms with van der Waals surface area (Å²) in [6, 6.07) is 7.75. The number of para-hydroxylation sites is 1. The number of benzene rings is 1. The van der Waals surface area contributed by atoms with E-state index in [9.17, 15) is 14.4 Å². The molecule has 0 saturated carbocycles. The molecule has 4 heterocycles. The fraction of sp³-hybridized carbons (Fsp3) is 0.462. The third-order valence-electron chi connectivity index (χ3n) is 6.99. The molecule has 3 saturated heterocycles. The van der Waals surface area contributed by atoms with Crippen molar-refractivity contribution in [1.29, 1.82) is 0 Å². The average Bonchev–Trinajstić information content (AvgIpc) is 3.51. The van der Waals surface area contributed by atoms with Gasteiger partial charge in [-0.25, -0.2) is 4.79 Å². The Bertz CT molecular complexity index is 1330. The molecule has 3 fully saturated rings. The topological polar surface area (TPSA) is 84.3 Å². The van der Waals surface area contributed by atoms with Crippen LogP contribution in [0.15, 0.2) is 34.0 Å². The summed E-state index contributed by atoms with van der Waals surface area (Å²) in [5.41, 5.74) is 1.83. The van der Waals surface area contributed by atoms with Crippen LogP contribution in [0.25, 0.3) is 17.0 Å². The molecule has 2 amide bonds. The minimum Gasteiger partial charge on any atom is -0.450 e. The summed E-state index contributed by atoms with van der Waals surface area (Å²) in [6.07, 6.45) is 3.24. The molecule has 2 aromatic rings. The molecule has 0 bridgehead atoms. The predicted molar refractivity (Wildman–Crippen MR) is 149 cm³/mol. The van der Waals surface area contributed by atoms with Crippen molar-refractivity contribution in [2.75, 3.05) is 50.8 Å². The molecule has 11 heteroatoms. The molecule has 3 aliphatic heterocycles. The van der Waals surface area contributed by atoms with E-state index in [1.807, 2.05) is 24.3 Å². The van der Waals surface area contributed by atoms with E-state index in [0.717, 1.165) is 29.4 Å². The number of aromatic nitrogens is 1. The molecule has 0 radical (unpaired) electrons. The van der Waals surface area contributed by atoms with Gasteiger partial charge in [0.05, 0.1) is 40.9 Å². The molecular formula is C26H30N4O5S2. The third-order valence-corrected chi connectivity index (χ3v) is 8.37. The normalized spacial score (nSPS) is 21.5. The number of thiocarbonyl (C=S) groups is 1. The van der Waals surface area contributed by atoms with Crippen molar-refractivity contribution >= 4 is 63.0 Å². The molecule has 37 heavy (non-hydrogen) atoms. The quantitative estimate of drug-likeness (QED) is 0.421. The lowest BCUT2D eigenvalue weighted by atomic mass is 10.1. The maximum absolute atomic E-state index is 13.7. The Hall–Kier alpha value is -2.89. The van der Waals surface area contributed by atoms with E-state index in [2.05, 4.69) is 4.90 Å². The van der Waals surface area contributed by atoms with Crippen molar-refractivity contribution in [3.8, 4) is 0 Å². The number of amides is 2. The van der Waals surface area contributed by atoms with E-state index < -0.39 is 0 Å². The second-order valence-corrected chi connectivity index (χ2v) is 10.9. The maximum Gasteiger partial charge on any atom is 0.409 e. The Kier molecular flexibility index (Phi) is 7.55. The first-order valence-corrected chi connectivity index (χ1v) is 13.8. The second kappa shape index (κ2) is 10.8. The summed E-state index contributed by atoms with van der Waals surface area (Å²) in [4.78, 5) is 45.1. The van der Waals surface area contributed by atoms with Crippen LogP contribution in [0.1, 0.15) is 25.3 Å². The van der Waals surface area contributed by atoms with Gasteiger partial charge in [0.2, 0.25) is 0 Å². The number of piperazine rings is 1. The van der Waals surface area contributed by atoms with Gasteiger partial charge in [-0.2, -0.15) is 0 Å². The molecule has 3 aliphatic rings. The number of thioether (sulfide) groups is 1. The predicted octanol–water partition coefficient (Wildman–Crippen LogP) is 3.20. The van der Waals surface area contributed by atoms with Gasteiger partial charge in [0.15, 0.2) is 0 Å². The molecule has 0 N–H and O–H groups in total. The molecule has 9 nitrogen and oxygen atoms in total. The number of aryl methyl sites for hydroxylation is 1. The number of rotatable bonds is 5. The number of ether oxygens (including phenoxy) is 2. The molecular weight excluding hydrogens is 512 g/mol. The molecule has 1 unspecified atom stereocenters. The lowest BCUT2D eigenvalue weighted by Crippen LogP contribution is -2.49. The molecule has 196 valence electrons. The van der Waals surface area contributed by atoms with Crippen LogP contribution in [0.2, 0.25) is 0 Å². The zero-order chi connectivity index (χ0) is 26.1. The van der Waals surface area contributed by atoms with Gasteiger partial charge < -0.3 is 23.8 Å². The SMILES string of the molecule is CCOC(=O)N1CCN(c2c(C=C3SC(=S)N(CC4CCCO4)C3=O)c(=O)n(C)c3ccccc23)CC1. The van der Waals surface area contributed by atoms with Crippen molar-refractivity contribution in [2.24, 2.45) is 7.05 Å². The second-order valence-electron chi connectivity index (χ2n) is 9.24. The summed E-state index contributed by atoms with van der Waals surface area (Å²) in [5, 5.41) is 0.912. The van der Waals surface area contributed by atoms with Gasteiger partial charge in [0.25, 0.3) is 11.5 Å². The van der Waals surface area contributed by atoms with Crippen molar-refractivity contribution in [2.45, 2.75) is 25.9 Å². The Morgan fingerprint density at radius 2 is 1.97 bits per heavy atom. The highest BCUT2D eigenvalue weighted by molar-refractivity contribution is 8.26. The monoisotopic (exact) mass is 542 g/mol. The van der Waals surface area contributed by atoms with Crippen LogP contribution in [0.3, 0.4) is 0 Å². The van der Waals surface area contributed by atoms with E-state index in [0.29, 0.717) is 60.7 Å². The zero-order valence-corrected chi connectivity index (χ0v) is 22.6. The number of carbonyl (C=O) groups is 2. The zero-order valence-electron chi connectivity index (χ0n) is 21.0. The highest BCUT2D eigenvalue weighted by Crippen LogP contribution is 2.36. The van der Waals surface area contributed by atoms with Gasteiger partial charge in [-0.15, -0.1) is 0 Å². The summed E-state index contributed by atoms with van der Waals surface area (Å²) in [5.74, 6) is -0.196. The summed E-state index contributed by atoms with van der Waals surface area (Å²) in [6.45, 7) is 5.28. The smallest absolute Gasteiger partial charge is 0.409 e. The number of fused-ring (bicyclic) bond motifs is 1. The number of carbonyl (C=O) groups excluding carboxylic acids is 2. The first kappa shape index (κ1) is 25.7. The number of hydrogen-bond acceptors (Lipinski definition) is 8. The average molecular weight is 543 g/mol. The first-order chi connectivity index (χ1) is 17.9. The molecule has 5 rings (SSSR count). The number of pyridine rings is 1. The van der Waals surface area contributed by atoms with Crippen LogP contribution in [-0.2, 0) is 21.3 Å². The lowest BCUT2D eigenvalue weighted by Gasteiger charge is -2.36. The highest BCUT2D eigenvalue weighted by Gasteiger charge is 2.35. The fourth-order valence-corrected chi connectivity index (χ4v) is 6.34. The highest BCUT2D eigenvalue weighted by atomic mass is 32.2. The Balaban J connectivity index is 1.52. The Morgan fingerprint density at radius 1 is 1.22 bits per heavy atom. The molecule has 1 atom stereocenters. The largest absolute Gasteiger partial charge is 0.450 e. The standard InChI is InChI=1S/C26H30N4O5S2/c1-3-34-25(33)29-12-10-28(11-13-29)22-18-8-4-5-9-20(18)27(2)23(31)19(22)15-21-24(32)30(26(36)37-21)16-17-7-6-14-35-17/h4-5,8-9,15,17H,3,6-7,10-14,16H2,1-2H3. The van der Waals surface area contributed by atoms with Crippen LogP contribution in [-0.4, -0.2) is 82.7 Å². The van der Waals surface area contributed by atoms with E-state index >= 15 is 0 Å². The number of nitrogens with zero attached hydrogens (tertiary/aromatic N) is 4. The fourth-order valence-electron chi connectivity index (χ4n) is 5.08. The summed E-state index contributed by atoms with van der Waals surface area (Å²) >= 11 is 6.75. The number of anilines is 1. The third kappa shape index (κ3) is 4.99. The van der Waals surface area contributed by atoms with Gasteiger partial charge in [0, 0.05) is 45.2 Å². The summed E-state index contributed by atoms with van der Waals surface area (Å²) in [7, 11) is 1.74. The Labute approximate surface area is 225 Å². The molecule has 1 aromatic carbocycles. The van der Waals surface area contributed by atoms with Gasteiger partial charge in [-0.05, 0) is 31.9 Å². The minimum atomic E-state index is -0.328. The van der Waals surface area contributed by atoms with Crippen LogP contribution in [0, 0.1) is 0 Å². The number of hydrogen-bond donors (Lipinski definition) is 0. The Morgan fingerprint density at radius 3 is 2.68 bits per heavy atom. The van der Waals surface area contributed by atoms with Gasteiger partial charge in [0.1, 0.15) is 4.32 Å². The molecule has 0 spiro atoms. The summed E-state index contributed by atoms with van der Waals surface area (Å²) < 4.78 is 13.0. The van der Waals surface area contributed by atoms with Crippen LogP contribution in [0.4, 0.5) is 10.5 Å². The van der Waals surface area contributed by atoms with Crippen LogP contribution in [0.5, 0.6) is 0 Å². The van der Waals surface area contributed by atoms with Crippen molar-refractivity contribution in [3.05, 3.63) is 45.1 Å². The van der Waals surface area contributed by atoms with E-state index in [4.69, 9.17) is 21.7 Å². The van der Waals surface area contributed by atoms with Gasteiger partial charge in [-0.1, -0.05) is 42.2 Å². The first-order valence-electron chi connectivity index (χ1n) is 12.5. The van der Waals surface area contributed by atoms with E-state index in [1.165, 1.54) is 11.8 Å². The minimum absolute atomic E-state index is 0.0124. The van der Waals surface area contributed by atoms with Crippen molar-refractivity contribution in [3.63, 3.8) is 0 Å². The van der Waals surface area contributed by atoms with Crippen LogP contribution < -0.4 is 10.5 Å². The molecule has 0 aliphatic carbocycles. The van der Waals surface area contributed by atoms with E-state index in [-0.39, 0.29) is 23.7 Å². The lowest BCUT2D eigenvalue weighted by molar-refractivity contribution is -0.123. The van der Waals surface area contributed by atoms with Crippen LogP contribution >= 0.6 is 24.0 Å². The maximum atomic E-state index is 13.7. The van der Waals surface area contributed by atoms with Crippen molar-refractivity contribution < 1.29 is 19.1 Å². The van der Waals surface area contributed by atoms with Crippen molar-refractivity contribution in [1.82, 2.24) is 14.4 Å². The molecule has 1 aromatic heterocycles. The van der Waals surface area contributed by atoms with Gasteiger partial charge in [-0.3, -0.25) is 14.5 Å². The van der Waals surface area contributed by atoms with E-state index in [1.54, 1.807) is 34.4 Å².